The Balaban J connectivity index is 1.47. The van der Waals surface area contributed by atoms with E-state index in [1.54, 1.807) is 25.1 Å². The molecule has 2 bridgehead atoms. The first-order chi connectivity index (χ1) is 16.6. The van der Waals surface area contributed by atoms with Crippen LogP contribution in [0.25, 0.3) is 16.6 Å². The zero-order valence-corrected chi connectivity index (χ0v) is 20.0. The Labute approximate surface area is 205 Å². The largest absolute Gasteiger partial charge is 0.573 e. The van der Waals surface area contributed by atoms with Gasteiger partial charge in [0.2, 0.25) is 5.91 Å². The molecule has 3 saturated heterocycles. The number of hydrogen-bond acceptors (Lipinski definition) is 6. The van der Waals surface area contributed by atoms with Crippen LogP contribution in [0.15, 0.2) is 52.0 Å². The summed E-state index contributed by atoms with van der Waals surface area (Å²) in [5, 5.41) is 2.88. The van der Waals surface area contributed by atoms with Gasteiger partial charge >= 0.3 is 6.36 Å². The van der Waals surface area contributed by atoms with Crippen LogP contribution in [0.4, 0.5) is 18.9 Å². The molecule has 3 unspecified atom stereocenters. The number of carbonyl (C=O) groups is 1. The number of nitrogens with one attached hydrogen (secondary N) is 1. The van der Waals surface area contributed by atoms with E-state index in [-0.39, 0.29) is 23.6 Å². The van der Waals surface area contributed by atoms with Crippen molar-refractivity contribution < 1.29 is 27.4 Å². The van der Waals surface area contributed by atoms with Crippen LogP contribution in [0.2, 0.25) is 0 Å². The van der Waals surface area contributed by atoms with Crippen LogP contribution in [0.3, 0.4) is 0 Å². The molecule has 0 saturated carbocycles. The van der Waals surface area contributed by atoms with Crippen molar-refractivity contribution in [3.8, 4) is 11.4 Å². The van der Waals surface area contributed by atoms with Crippen molar-refractivity contribution >= 4 is 38.4 Å². The van der Waals surface area contributed by atoms with E-state index in [0.29, 0.717) is 24.0 Å². The zero-order chi connectivity index (χ0) is 24.9. The standard InChI is InChI=1S/C23H20BrF3N4O4/c1-12(30-9-15-8-16(10-30)34-15)21(32)29-19-7-14(3-5-20(19)35-23(25,26)27)31-11-28-18-6-13(24)2-4-17(18)22(31)33/h2-7,11-12,15-16H,8-10H2,1H3,(H,29,32). The normalized spacial score (nSPS) is 20.8. The molecule has 3 aliphatic heterocycles. The molecule has 1 N–H and O–H groups in total. The fourth-order valence-corrected chi connectivity index (χ4v) is 4.71. The minimum absolute atomic E-state index is 0.0735. The average Bonchev–Trinajstić information content (AvgIpc) is 2.78. The highest BCUT2D eigenvalue weighted by Crippen LogP contribution is 2.33. The lowest BCUT2D eigenvalue weighted by Crippen LogP contribution is -2.61. The van der Waals surface area contributed by atoms with Crippen LogP contribution in [0, 0.1) is 0 Å². The highest BCUT2D eigenvalue weighted by Gasteiger charge is 2.41. The summed E-state index contributed by atoms with van der Waals surface area (Å²) in [5.41, 5.74) is 0.0593. The Morgan fingerprint density at radius 3 is 2.63 bits per heavy atom. The highest BCUT2D eigenvalue weighted by molar-refractivity contribution is 9.10. The van der Waals surface area contributed by atoms with Gasteiger partial charge in [0.15, 0.2) is 5.75 Å². The molecule has 6 rings (SSSR count). The molecule has 8 nitrogen and oxygen atoms in total. The molecule has 3 fully saturated rings. The van der Waals surface area contributed by atoms with Gasteiger partial charge in [0.25, 0.3) is 5.56 Å². The molecule has 3 atom stereocenters. The molecular formula is C23H20BrF3N4O4. The third-order valence-corrected chi connectivity index (χ3v) is 6.65. The predicted molar refractivity (Wildman–Crippen MR) is 125 cm³/mol. The molecule has 0 radical (unpaired) electrons. The molecule has 0 spiro atoms. The third kappa shape index (κ3) is 4.91. The molecule has 12 heteroatoms. The Hall–Kier alpha value is -2.96. The number of amides is 1. The molecule has 1 aromatic heterocycles. The summed E-state index contributed by atoms with van der Waals surface area (Å²) in [5.74, 6) is -1.08. The van der Waals surface area contributed by atoms with Gasteiger partial charge < -0.3 is 14.8 Å². The van der Waals surface area contributed by atoms with E-state index in [9.17, 15) is 22.8 Å². The third-order valence-electron chi connectivity index (χ3n) is 6.16. The first kappa shape index (κ1) is 23.8. The average molecular weight is 553 g/mol. The number of aromatic nitrogens is 2. The molecule has 3 aromatic rings. The van der Waals surface area contributed by atoms with Gasteiger partial charge in [-0.3, -0.25) is 19.1 Å². The van der Waals surface area contributed by atoms with Gasteiger partial charge in [-0.2, -0.15) is 0 Å². The number of morpholine rings is 1. The van der Waals surface area contributed by atoms with Gasteiger partial charge in [-0.25, -0.2) is 4.98 Å². The quantitative estimate of drug-likeness (QED) is 0.517. The first-order valence-corrected chi connectivity index (χ1v) is 11.6. The SMILES string of the molecule is CC(C(=O)Nc1cc(-n2cnc3cc(Br)ccc3c2=O)ccc1OC(F)(F)F)N1CC2CC(C1)O2. The van der Waals surface area contributed by atoms with Gasteiger partial charge in [0.1, 0.15) is 6.33 Å². The Kier molecular flexibility index (Phi) is 6.06. The topological polar surface area (TPSA) is 85.7 Å². The number of benzene rings is 2. The number of halogens is 4. The number of ether oxygens (including phenoxy) is 2. The van der Waals surface area contributed by atoms with Gasteiger partial charge in [-0.1, -0.05) is 15.9 Å². The summed E-state index contributed by atoms with van der Waals surface area (Å²) in [6, 6.07) is 7.99. The van der Waals surface area contributed by atoms with E-state index in [1.807, 2.05) is 4.90 Å². The summed E-state index contributed by atoms with van der Waals surface area (Å²) < 4.78 is 50.7. The van der Waals surface area contributed by atoms with E-state index in [0.717, 1.165) is 17.0 Å². The first-order valence-electron chi connectivity index (χ1n) is 10.8. The second-order valence-electron chi connectivity index (χ2n) is 8.54. The molecule has 4 heterocycles. The highest BCUT2D eigenvalue weighted by atomic mass is 79.9. The Bertz CT molecular complexity index is 1350. The van der Waals surface area contributed by atoms with Crippen LogP contribution < -0.4 is 15.6 Å². The van der Waals surface area contributed by atoms with Crippen molar-refractivity contribution in [2.75, 3.05) is 18.4 Å². The lowest BCUT2D eigenvalue weighted by Gasteiger charge is -2.48. The number of hydrogen-bond donors (Lipinski definition) is 1. The second-order valence-corrected chi connectivity index (χ2v) is 9.46. The smallest absolute Gasteiger partial charge is 0.404 e. The number of alkyl halides is 3. The lowest BCUT2D eigenvalue weighted by atomic mass is 9.97. The maximum absolute atomic E-state index is 13.0. The lowest BCUT2D eigenvalue weighted by molar-refractivity contribution is -0.274. The van der Waals surface area contributed by atoms with Gasteiger partial charge in [-0.05, 0) is 43.3 Å². The monoisotopic (exact) mass is 552 g/mol. The molecule has 35 heavy (non-hydrogen) atoms. The summed E-state index contributed by atoms with van der Waals surface area (Å²) >= 11 is 3.33. The number of nitrogens with zero attached hydrogens (tertiary/aromatic N) is 3. The van der Waals surface area contributed by atoms with Crippen LogP contribution in [0.1, 0.15) is 13.3 Å². The van der Waals surface area contributed by atoms with Crippen molar-refractivity contribution in [1.29, 1.82) is 0 Å². The molecule has 0 aliphatic carbocycles. The molecule has 2 aromatic carbocycles. The van der Waals surface area contributed by atoms with E-state index in [4.69, 9.17) is 4.74 Å². The summed E-state index contributed by atoms with van der Waals surface area (Å²) in [6.07, 6.45) is -2.59. The summed E-state index contributed by atoms with van der Waals surface area (Å²) in [7, 11) is 0. The van der Waals surface area contributed by atoms with Gasteiger partial charge in [-0.15, -0.1) is 13.2 Å². The summed E-state index contributed by atoms with van der Waals surface area (Å²) in [4.78, 5) is 32.2. The maximum atomic E-state index is 13.0. The van der Waals surface area contributed by atoms with E-state index >= 15 is 0 Å². The Morgan fingerprint density at radius 2 is 1.94 bits per heavy atom. The number of rotatable bonds is 5. The van der Waals surface area contributed by atoms with E-state index in [2.05, 4.69) is 31.0 Å². The minimum atomic E-state index is -4.97. The molecule has 184 valence electrons. The fourth-order valence-electron chi connectivity index (χ4n) is 4.36. The predicted octanol–water partition coefficient (Wildman–Crippen LogP) is 3.85. The van der Waals surface area contributed by atoms with Crippen molar-refractivity contribution in [3.05, 3.63) is 57.6 Å². The van der Waals surface area contributed by atoms with E-state index < -0.39 is 29.6 Å². The van der Waals surface area contributed by atoms with Crippen LogP contribution in [-0.2, 0) is 9.53 Å². The van der Waals surface area contributed by atoms with Crippen molar-refractivity contribution in [2.24, 2.45) is 0 Å². The van der Waals surface area contributed by atoms with Crippen molar-refractivity contribution in [3.63, 3.8) is 0 Å². The van der Waals surface area contributed by atoms with Gasteiger partial charge in [0, 0.05) is 24.0 Å². The van der Waals surface area contributed by atoms with Gasteiger partial charge in [0.05, 0.1) is 40.5 Å². The second kappa shape index (κ2) is 8.92. The Morgan fingerprint density at radius 1 is 1.23 bits per heavy atom. The molecular weight excluding hydrogens is 533 g/mol. The van der Waals surface area contributed by atoms with Crippen LogP contribution >= 0.6 is 15.9 Å². The van der Waals surface area contributed by atoms with Crippen LogP contribution in [0.5, 0.6) is 5.75 Å². The molecule has 1 amide bonds. The van der Waals surface area contributed by atoms with E-state index in [1.165, 1.54) is 23.0 Å². The molecule has 3 aliphatic rings. The number of piperidine rings is 1. The number of anilines is 1. The summed E-state index contributed by atoms with van der Waals surface area (Å²) in [6.45, 7) is 2.83. The maximum Gasteiger partial charge on any atom is 0.573 e. The fraction of sp³-hybridized carbons (Fsp3) is 0.348. The number of fused-ring (bicyclic) bond motifs is 3. The van der Waals surface area contributed by atoms with Crippen molar-refractivity contribution in [1.82, 2.24) is 14.5 Å². The minimum Gasteiger partial charge on any atom is -0.404 e. The van der Waals surface area contributed by atoms with Crippen molar-refractivity contribution in [2.45, 2.75) is 38.0 Å². The van der Waals surface area contributed by atoms with Crippen LogP contribution in [-0.4, -0.2) is 58.1 Å². The zero-order valence-electron chi connectivity index (χ0n) is 18.4. The number of carbonyl (C=O) groups excluding carboxylic acids is 1.